The van der Waals surface area contributed by atoms with Crippen molar-refractivity contribution in [1.29, 1.82) is 0 Å². The van der Waals surface area contributed by atoms with Crippen molar-refractivity contribution in [2.24, 2.45) is 0 Å². The van der Waals surface area contributed by atoms with Gasteiger partial charge in [0.1, 0.15) is 0 Å². The summed E-state index contributed by atoms with van der Waals surface area (Å²) in [5.74, 6) is -0.138. The summed E-state index contributed by atoms with van der Waals surface area (Å²) in [5, 5.41) is 4.03. The molecule has 4 heteroatoms. The summed E-state index contributed by atoms with van der Waals surface area (Å²) in [6, 6.07) is 13.2. The number of hydrogen-bond donors (Lipinski definition) is 1. The Labute approximate surface area is 134 Å². The van der Waals surface area contributed by atoms with E-state index in [-0.39, 0.29) is 11.9 Å². The Balaban J connectivity index is 1.82. The molecule has 1 N–H and O–H groups in total. The molecule has 0 saturated carbocycles. The minimum Gasteiger partial charge on any atom is -0.345 e. The molecule has 0 heterocycles. The summed E-state index contributed by atoms with van der Waals surface area (Å²) in [4.78, 5) is 12.4. The standard InChI is InChI=1S/C17H15Cl2NO/c18-13-8-12(9-14(19)10-13)17(21)20-16-7-3-5-11-4-1-2-6-15(11)16/h1-2,4,6,8-10,16H,3,5,7H2,(H,20,21). The number of hydrogen-bond acceptors (Lipinski definition) is 1. The van der Waals surface area contributed by atoms with Crippen molar-refractivity contribution in [2.45, 2.75) is 25.3 Å². The molecule has 1 atom stereocenters. The molecule has 0 fully saturated rings. The molecule has 0 spiro atoms. The number of benzene rings is 2. The number of carbonyl (C=O) groups excluding carboxylic acids is 1. The predicted octanol–water partition coefficient (Wildman–Crippen LogP) is 4.80. The average molecular weight is 320 g/mol. The highest BCUT2D eigenvalue weighted by Crippen LogP contribution is 2.30. The normalized spacial score (nSPS) is 17.1. The summed E-state index contributed by atoms with van der Waals surface area (Å²) in [6.45, 7) is 0. The lowest BCUT2D eigenvalue weighted by molar-refractivity contribution is 0.0933. The molecule has 0 radical (unpaired) electrons. The number of nitrogens with one attached hydrogen (secondary N) is 1. The second kappa shape index (κ2) is 6.08. The number of halogens is 2. The van der Waals surface area contributed by atoms with Gasteiger partial charge in [0.05, 0.1) is 6.04 Å². The van der Waals surface area contributed by atoms with E-state index >= 15 is 0 Å². The minimum atomic E-state index is -0.138. The van der Waals surface area contributed by atoms with Gasteiger partial charge in [-0.3, -0.25) is 4.79 Å². The highest BCUT2D eigenvalue weighted by atomic mass is 35.5. The highest BCUT2D eigenvalue weighted by Gasteiger charge is 2.22. The summed E-state index contributed by atoms with van der Waals surface area (Å²) < 4.78 is 0. The lowest BCUT2D eigenvalue weighted by Gasteiger charge is -2.26. The van der Waals surface area contributed by atoms with E-state index in [4.69, 9.17) is 23.2 Å². The lowest BCUT2D eigenvalue weighted by Crippen LogP contribution is -2.30. The van der Waals surface area contributed by atoms with Crippen molar-refractivity contribution in [3.05, 3.63) is 69.2 Å². The Hall–Kier alpha value is -1.51. The van der Waals surface area contributed by atoms with Crippen LogP contribution in [0.2, 0.25) is 10.0 Å². The average Bonchev–Trinajstić information content (AvgIpc) is 2.46. The molecule has 0 saturated heterocycles. The van der Waals surface area contributed by atoms with Crippen LogP contribution in [0.4, 0.5) is 0 Å². The molecule has 108 valence electrons. The van der Waals surface area contributed by atoms with Gasteiger partial charge in [-0.15, -0.1) is 0 Å². The first-order valence-corrected chi connectivity index (χ1v) is 7.74. The second-order valence-electron chi connectivity index (χ2n) is 5.28. The Kier molecular flexibility index (Phi) is 4.18. The van der Waals surface area contributed by atoms with Gasteiger partial charge in [0.2, 0.25) is 0 Å². The van der Waals surface area contributed by atoms with Crippen LogP contribution in [0.25, 0.3) is 0 Å². The van der Waals surface area contributed by atoms with Crippen LogP contribution in [0.15, 0.2) is 42.5 Å². The van der Waals surface area contributed by atoms with Crippen LogP contribution in [-0.4, -0.2) is 5.91 Å². The van der Waals surface area contributed by atoms with E-state index in [0.29, 0.717) is 15.6 Å². The Bertz CT molecular complexity index is 664. The van der Waals surface area contributed by atoms with Crippen molar-refractivity contribution in [3.63, 3.8) is 0 Å². The topological polar surface area (TPSA) is 29.1 Å². The van der Waals surface area contributed by atoms with Gasteiger partial charge >= 0.3 is 0 Å². The molecule has 0 aliphatic heterocycles. The summed E-state index contributed by atoms with van der Waals surface area (Å²) in [5.41, 5.74) is 3.03. The maximum atomic E-state index is 12.4. The van der Waals surface area contributed by atoms with Crippen LogP contribution in [0.5, 0.6) is 0 Å². The summed E-state index contributed by atoms with van der Waals surface area (Å²) in [7, 11) is 0. The molecule has 1 aliphatic carbocycles. The van der Waals surface area contributed by atoms with Crippen molar-refractivity contribution in [1.82, 2.24) is 5.32 Å². The molecule has 1 unspecified atom stereocenters. The molecule has 21 heavy (non-hydrogen) atoms. The summed E-state index contributed by atoms with van der Waals surface area (Å²) >= 11 is 11.9. The zero-order chi connectivity index (χ0) is 14.8. The van der Waals surface area contributed by atoms with E-state index in [1.165, 1.54) is 11.1 Å². The van der Waals surface area contributed by atoms with E-state index in [9.17, 15) is 4.79 Å². The van der Waals surface area contributed by atoms with Gasteiger partial charge in [0, 0.05) is 15.6 Å². The van der Waals surface area contributed by atoms with Crippen LogP contribution in [0, 0.1) is 0 Å². The van der Waals surface area contributed by atoms with Crippen LogP contribution in [0.3, 0.4) is 0 Å². The second-order valence-corrected chi connectivity index (χ2v) is 6.15. The van der Waals surface area contributed by atoms with E-state index in [2.05, 4.69) is 17.4 Å². The zero-order valence-electron chi connectivity index (χ0n) is 11.4. The number of carbonyl (C=O) groups is 1. The molecule has 0 aromatic heterocycles. The number of amides is 1. The molecule has 3 rings (SSSR count). The molecule has 2 aromatic rings. The zero-order valence-corrected chi connectivity index (χ0v) is 12.9. The largest absolute Gasteiger partial charge is 0.345 e. The lowest BCUT2D eigenvalue weighted by atomic mass is 9.87. The van der Waals surface area contributed by atoms with Crippen LogP contribution < -0.4 is 5.32 Å². The molecular weight excluding hydrogens is 305 g/mol. The third-order valence-corrected chi connectivity index (χ3v) is 4.24. The van der Waals surface area contributed by atoms with E-state index < -0.39 is 0 Å². The van der Waals surface area contributed by atoms with Gasteiger partial charge in [-0.2, -0.15) is 0 Å². The fourth-order valence-corrected chi connectivity index (χ4v) is 3.36. The van der Waals surface area contributed by atoms with E-state index in [1.807, 2.05) is 12.1 Å². The van der Waals surface area contributed by atoms with Crippen molar-refractivity contribution < 1.29 is 4.79 Å². The molecule has 0 bridgehead atoms. The van der Waals surface area contributed by atoms with Crippen molar-refractivity contribution in [2.75, 3.05) is 0 Å². The third-order valence-electron chi connectivity index (χ3n) is 3.80. The fraction of sp³-hybridized carbons (Fsp3) is 0.235. The van der Waals surface area contributed by atoms with Gasteiger partial charge in [0.25, 0.3) is 5.91 Å². The minimum absolute atomic E-state index is 0.0557. The van der Waals surface area contributed by atoms with E-state index in [1.54, 1.807) is 18.2 Å². The Morgan fingerprint density at radius 1 is 1.10 bits per heavy atom. The molecule has 1 aliphatic rings. The fourth-order valence-electron chi connectivity index (χ4n) is 2.83. The van der Waals surface area contributed by atoms with Gasteiger partial charge in [-0.25, -0.2) is 0 Å². The SMILES string of the molecule is O=C(NC1CCCc2ccccc21)c1cc(Cl)cc(Cl)c1. The van der Waals surface area contributed by atoms with Crippen LogP contribution in [0.1, 0.15) is 40.4 Å². The van der Waals surface area contributed by atoms with Crippen LogP contribution >= 0.6 is 23.2 Å². The molecule has 2 aromatic carbocycles. The van der Waals surface area contributed by atoms with Crippen molar-refractivity contribution in [3.8, 4) is 0 Å². The Morgan fingerprint density at radius 3 is 2.57 bits per heavy atom. The number of rotatable bonds is 2. The maximum Gasteiger partial charge on any atom is 0.251 e. The van der Waals surface area contributed by atoms with Crippen LogP contribution in [-0.2, 0) is 6.42 Å². The highest BCUT2D eigenvalue weighted by molar-refractivity contribution is 6.35. The Morgan fingerprint density at radius 2 is 1.81 bits per heavy atom. The molecule has 1 amide bonds. The number of fused-ring (bicyclic) bond motifs is 1. The molecular formula is C17H15Cl2NO. The molecule has 2 nitrogen and oxygen atoms in total. The van der Waals surface area contributed by atoms with Gasteiger partial charge < -0.3 is 5.32 Å². The first-order chi connectivity index (χ1) is 10.1. The van der Waals surface area contributed by atoms with Gasteiger partial charge in [-0.1, -0.05) is 47.5 Å². The summed E-state index contributed by atoms with van der Waals surface area (Å²) in [6.07, 6.45) is 3.11. The van der Waals surface area contributed by atoms with Crippen molar-refractivity contribution >= 4 is 29.1 Å². The first kappa shape index (κ1) is 14.4. The predicted molar refractivity (Wildman–Crippen MR) is 86.0 cm³/mol. The first-order valence-electron chi connectivity index (χ1n) is 6.98. The maximum absolute atomic E-state index is 12.4. The monoisotopic (exact) mass is 319 g/mol. The smallest absolute Gasteiger partial charge is 0.251 e. The number of aryl methyl sites for hydroxylation is 1. The quantitative estimate of drug-likeness (QED) is 0.846. The third kappa shape index (κ3) is 3.22. The van der Waals surface area contributed by atoms with Gasteiger partial charge in [0.15, 0.2) is 0 Å². The van der Waals surface area contributed by atoms with Gasteiger partial charge in [-0.05, 0) is 48.6 Å². The van der Waals surface area contributed by atoms with E-state index in [0.717, 1.165) is 19.3 Å².